The largest absolute Gasteiger partial charge is 0.365 e. The number of aryl methyl sites for hydroxylation is 1. The van der Waals surface area contributed by atoms with E-state index in [-0.39, 0.29) is 5.56 Å². The molecule has 0 atom stereocenters. The predicted octanol–water partition coefficient (Wildman–Crippen LogP) is 3.22. The molecule has 0 spiro atoms. The zero-order chi connectivity index (χ0) is 18.1. The van der Waals surface area contributed by atoms with Crippen molar-refractivity contribution in [2.45, 2.75) is 19.4 Å². The lowest BCUT2D eigenvalue weighted by atomic mass is 10.1. The standard InChI is InChI=1S/C21H20N4O/c1-24-18-10-9-17(12-22)23-21(18)19(11-20(24)26)25(14-16-7-8-16)13-15-5-3-2-4-6-15/h2-6,9-11,16H,7-8,13-14H2,1H3. The van der Waals surface area contributed by atoms with Crippen LogP contribution in [0.3, 0.4) is 0 Å². The van der Waals surface area contributed by atoms with Gasteiger partial charge < -0.3 is 9.47 Å². The molecule has 5 heteroatoms. The Balaban J connectivity index is 1.86. The predicted molar refractivity (Wildman–Crippen MR) is 102 cm³/mol. The molecule has 2 heterocycles. The SMILES string of the molecule is Cn1c(=O)cc(N(Cc2ccccc2)CC2CC2)c2nc(C#N)ccc21. The van der Waals surface area contributed by atoms with Crippen LogP contribution in [0.15, 0.2) is 53.3 Å². The third-order valence-corrected chi connectivity index (χ3v) is 4.92. The highest BCUT2D eigenvalue weighted by Gasteiger charge is 2.26. The smallest absolute Gasteiger partial charge is 0.252 e. The van der Waals surface area contributed by atoms with E-state index in [0.29, 0.717) is 17.1 Å². The molecule has 1 saturated carbocycles. The number of benzene rings is 1. The van der Waals surface area contributed by atoms with Gasteiger partial charge in [-0.3, -0.25) is 4.79 Å². The van der Waals surface area contributed by atoms with E-state index in [9.17, 15) is 10.1 Å². The zero-order valence-electron chi connectivity index (χ0n) is 14.7. The Labute approximate surface area is 152 Å². The summed E-state index contributed by atoms with van der Waals surface area (Å²) in [5.74, 6) is 0.664. The lowest BCUT2D eigenvalue weighted by Crippen LogP contribution is -2.28. The van der Waals surface area contributed by atoms with Crippen LogP contribution >= 0.6 is 0 Å². The van der Waals surface area contributed by atoms with Gasteiger partial charge in [0.1, 0.15) is 17.3 Å². The van der Waals surface area contributed by atoms with Crippen LogP contribution in [0.1, 0.15) is 24.1 Å². The maximum Gasteiger partial charge on any atom is 0.252 e. The van der Waals surface area contributed by atoms with Gasteiger partial charge in [0.2, 0.25) is 0 Å². The van der Waals surface area contributed by atoms with E-state index in [1.54, 1.807) is 23.7 Å². The Kier molecular flexibility index (Phi) is 4.18. The Morgan fingerprint density at radius 2 is 2.00 bits per heavy atom. The number of rotatable bonds is 5. The van der Waals surface area contributed by atoms with Gasteiger partial charge in [-0.1, -0.05) is 30.3 Å². The molecule has 0 bridgehead atoms. The van der Waals surface area contributed by atoms with Crippen LogP contribution < -0.4 is 10.5 Å². The zero-order valence-corrected chi connectivity index (χ0v) is 14.7. The Morgan fingerprint density at radius 3 is 2.69 bits per heavy atom. The molecule has 0 unspecified atom stereocenters. The molecule has 130 valence electrons. The molecule has 26 heavy (non-hydrogen) atoms. The summed E-state index contributed by atoms with van der Waals surface area (Å²) in [6, 6.07) is 17.5. The van der Waals surface area contributed by atoms with Crippen LogP contribution in [-0.2, 0) is 13.6 Å². The second-order valence-corrected chi connectivity index (χ2v) is 6.91. The first-order valence-corrected chi connectivity index (χ1v) is 8.85. The Hall–Kier alpha value is -3.13. The highest BCUT2D eigenvalue weighted by atomic mass is 16.1. The molecule has 0 amide bonds. The maximum absolute atomic E-state index is 12.5. The van der Waals surface area contributed by atoms with Gasteiger partial charge in [0.15, 0.2) is 0 Å². The molecule has 1 aliphatic rings. The fourth-order valence-electron chi connectivity index (χ4n) is 3.28. The average Bonchev–Trinajstić information content (AvgIpc) is 3.48. The lowest BCUT2D eigenvalue weighted by Gasteiger charge is -2.26. The highest BCUT2D eigenvalue weighted by molar-refractivity contribution is 5.88. The summed E-state index contributed by atoms with van der Waals surface area (Å²) in [6.07, 6.45) is 2.45. The fourth-order valence-corrected chi connectivity index (χ4v) is 3.28. The monoisotopic (exact) mass is 344 g/mol. The van der Waals surface area contributed by atoms with Gasteiger partial charge in [0.25, 0.3) is 5.56 Å². The summed E-state index contributed by atoms with van der Waals surface area (Å²) in [7, 11) is 1.74. The van der Waals surface area contributed by atoms with Crippen molar-refractivity contribution in [3.8, 4) is 6.07 Å². The minimum Gasteiger partial charge on any atom is -0.365 e. The van der Waals surface area contributed by atoms with Gasteiger partial charge in [0.05, 0.1) is 11.2 Å². The average molecular weight is 344 g/mol. The molecule has 0 aliphatic heterocycles. The number of hydrogen-bond donors (Lipinski definition) is 0. The number of nitriles is 1. The van der Waals surface area contributed by atoms with Crippen LogP contribution in [0.5, 0.6) is 0 Å². The Morgan fingerprint density at radius 1 is 1.23 bits per heavy atom. The minimum absolute atomic E-state index is 0.0622. The number of nitrogens with zero attached hydrogens (tertiary/aromatic N) is 4. The lowest BCUT2D eigenvalue weighted by molar-refractivity contribution is 0.721. The third kappa shape index (κ3) is 3.18. The van der Waals surface area contributed by atoms with Gasteiger partial charge in [-0.25, -0.2) is 4.98 Å². The highest BCUT2D eigenvalue weighted by Crippen LogP contribution is 2.33. The third-order valence-electron chi connectivity index (χ3n) is 4.92. The number of fused-ring (bicyclic) bond motifs is 1. The van der Waals surface area contributed by atoms with E-state index < -0.39 is 0 Å². The molecular formula is C21H20N4O. The molecule has 1 aromatic carbocycles. The van der Waals surface area contributed by atoms with Gasteiger partial charge in [-0.15, -0.1) is 0 Å². The fraction of sp³-hybridized carbons (Fsp3) is 0.286. The summed E-state index contributed by atoms with van der Waals surface area (Å²) in [5.41, 5.74) is 3.77. The van der Waals surface area contributed by atoms with Gasteiger partial charge >= 0.3 is 0 Å². The second-order valence-electron chi connectivity index (χ2n) is 6.91. The number of anilines is 1. The molecule has 3 aromatic rings. The van der Waals surface area contributed by atoms with Crippen molar-refractivity contribution >= 4 is 16.7 Å². The van der Waals surface area contributed by atoms with Crippen LogP contribution in [0.2, 0.25) is 0 Å². The summed E-state index contributed by atoms with van der Waals surface area (Å²) in [6.45, 7) is 1.62. The van der Waals surface area contributed by atoms with Crippen LogP contribution in [0, 0.1) is 17.2 Å². The van der Waals surface area contributed by atoms with Crippen molar-refractivity contribution in [1.29, 1.82) is 5.26 Å². The van der Waals surface area contributed by atoms with Crippen LogP contribution in [0.25, 0.3) is 11.0 Å². The molecule has 0 saturated heterocycles. The normalized spacial score (nSPS) is 13.5. The van der Waals surface area contributed by atoms with Gasteiger partial charge in [-0.2, -0.15) is 5.26 Å². The van der Waals surface area contributed by atoms with Crippen molar-refractivity contribution in [3.05, 3.63) is 70.1 Å². The second kappa shape index (κ2) is 6.64. The van der Waals surface area contributed by atoms with E-state index in [4.69, 9.17) is 0 Å². The van der Waals surface area contributed by atoms with Gasteiger partial charge in [-0.05, 0) is 36.5 Å². The van der Waals surface area contributed by atoms with Crippen molar-refractivity contribution < 1.29 is 0 Å². The van der Waals surface area contributed by atoms with Crippen molar-refractivity contribution in [2.75, 3.05) is 11.4 Å². The first-order chi connectivity index (χ1) is 12.7. The first-order valence-electron chi connectivity index (χ1n) is 8.85. The molecule has 2 aromatic heterocycles. The summed E-state index contributed by atoms with van der Waals surface area (Å²) in [4.78, 5) is 19.3. The molecule has 0 radical (unpaired) electrons. The van der Waals surface area contributed by atoms with E-state index in [2.05, 4.69) is 28.1 Å². The van der Waals surface area contributed by atoms with Crippen LogP contribution in [-0.4, -0.2) is 16.1 Å². The number of pyridine rings is 2. The molecule has 1 fully saturated rings. The maximum atomic E-state index is 12.5. The molecule has 4 rings (SSSR count). The molecule has 0 N–H and O–H groups in total. The van der Waals surface area contributed by atoms with E-state index in [0.717, 1.165) is 24.3 Å². The van der Waals surface area contributed by atoms with Crippen molar-refractivity contribution in [2.24, 2.45) is 13.0 Å². The molecule has 1 aliphatic carbocycles. The Bertz CT molecular complexity index is 1050. The topological polar surface area (TPSA) is 61.9 Å². The quantitative estimate of drug-likeness (QED) is 0.713. The molecular weight excluding hydrogens is 324 g/mol. The van der Waals surface area contributed by atoms with E-state index in [1.807, 2.05) is 24.3 Å². The number of aromatic nitrogens is 2. The van der Waals surface area contributed by atoms with E-state index in [1.165, 1.54) is 18.4 Å². The summed E-state index contributed by atoms with van der Waals surface area (Å²) in [5, 5.41) is 9.25. The first kappa shape index (κ1) is 16.3. The van der Waals surface area contributed by atoms with E-state index >= 15 is 0 Å². The number of hydrogen-bond acceptors (Lipinski definition) is 4. The summed E-state index contributed by atoms with van der Waals surface area (Å²) < 4.78 is 1.59. The summed E-state index contributed by atoms with van der Waals surface area (Å²) >= 11 is 0. The van der Waals surface area contributed by atoms with Crippen molar-refractivity contribution in [1.82, 2.24) is 9.55 Å². The van der Waals surface area contributed by atoms with Crippen molar-refractivity contribution in [3.63, 3.8) is 0 Å². The van der Waals surface area contributed by atoms with Crippen LogP contribution in [0.4, 0.5) is 5.69 Å². The minimum atomic E-state index is -0.0622. The van der Waals surface area contributed by atoms with Gasteiger partial charge in [0, 0.05) is 26.2 Å². The molecule has 5 nitrogen and oxygen atoms in total.